The van der Waals surface area contributed by atoms with Gasteiger partial charge in [-0.25, -0.2) is 4.98 Å². The van der Waals surface area contributed by atoms with Crippen LogP contribution >= 0.6 is 11.8 Å². The summed E-state index contributed by atoms with van der Waals surface area (Å²) < 4.78 is 0. The molecule has 0 radical (unpaired) electrons. The molecular formula is C15H19N5S. The Morgan fingerprint density at radius 1 is 1.14 bits per heavy atom. The third kappa shape index (κ3) is 2.48. The minimum atomic E-state index is 0.633. The number of hydrogen-bond acceptors (Lipinski definition) is 5. The van der Waals surface area contributed by atoms with Gasteiger partial charge < -0.3 is 14.8 Å². The number of imidazole rings is 1. The van der Waals surface area contributed by atoms with Gasteiger partial charge in [0.05, 0.1) is 17.6 Å². The van der Waals surface area contributed by atoms with E-state index in [1.165, 1.54) is 5.17 Å². The average molecular weight is 301 g/mol. The maximum absolute atomic E-state index is 4.69. The van der Waals surface area contributed by atoms with E-state index in [-0.39, 0.29) is 0 Å². The van der Waals surface area contributed by atoms with Gasteiger partial charge in [0.1, 0.15) is 0 Å². The number of rotatable bonds is 1. The molecule has 1 aromatic carbocycles. The number of thioether (sulfide) groups is 1. The zero-order valence-electron chi connectivity index (χ0n) is 12.1. The molecule has 0 bridgehead atoms. The van der Waals surface area contributed by atoms with Crippen LogP contribution in [0.1, 0.15) is 6.92 Å². The smallest absolute Gasteiger partial charge is 0.203 e. The summed E-state index contributed by atoms with van der Waals surface area (Å²) in [7, 11) is 0. The number of anilines is 1. The molecule has 1 unspecified atom stereocenters. The molecule has 1 aromatic heterocycles. The zero-order valence-corrected chi connectivity index (χ0v) is 12.9. The van der Waals surface area contributed by atoms with Crippen molar-refractivity contribution < 1.29 is 0 Å². The van der Waals surface area contributed by atoms with Crippen molar-refractivity contribution in [2.75, 3.05) is 37.6 Å². The summed E-state index contributed by atoms with van der Waals surface area (Å²) in [5, 5.41) is 1.86. The number of hydrogen-bond donors (Lipinski definition) is 1. The Kier molecular flexibility index (Phi) is 3.25. The molecule has 1 N–H and O–H groups in total. The van der Waals surface area contributed by atoms with E-state index in [0.717, 1.165) is 49.7 Å². The number of H-pyrrole nitrogens is 1. The number of aliphatic imine (C=N–C) groups is 1. The maximum Gasteiger partial charge on any atom is 0.203 e. The molecule has 5 nitrogen and oxygen atoms in total. The maximum atomic E-state index is 4.69. The van der Waals surface area contributed by atoms with Gasteiger partial charge in [-0.3, -0.25) is 4.99 Å². The minimum absolute atomic E-state index is 0.633. The molecule has 6 heteroatoms. The third-order valence-electron chi connectivity index (χ3n) is 4.02. The van der Waals surface area contributed by atoms with E-state index in [9.17, 15) is 0 Å². The molecule has 2 aliphatic rings. The molecule has 0 saturated carbocycles. The molecule has 21 heavy (non-hydrogen) atoms. The Morgan fingerprint density at radius 2 is 1.90 bits per heavy atom. The summed E-state index contributed by atoms with van der Waals surface area (Å²) in [4.78, 5) is 17.5. The first-order valence-electron chi connectivity index (χ1n) is 7.45. The van der Waals surface area contributed by atoms with Crippen LogP contribution in [0.3, 0.4) is 0 Å². The van der Waals surface area contributed by atoms with E-state index >= 15 is 0 Å². The number of aromatic amines is 1. The summed E-state index contributed by atoms with van der Waals surface area (Å²) in [5.41, 5.74) is 2.15. The van der Waals surface area contributed by atoms with E-state index in [2.05, 4.69) is 43.8 Å². The second-order valence-electron chi connectivity index (χ2n) is 5.60. The van der Waals surface area contributed by atoms with Gasteiger partial charge in [0, 0.05) is 31.4 Å². The number of amidine groups is 1. The van der Waals surface area contributed by atoms with Gasteiger partial charge in [-0.1, -0.05) is 30.8 Å². The highest BCUT2D eigenvalue weighted by Gasteiger charge is 2.25. The van der Waals surface area contributed by atoms with E-state index in [4.69, 9.17) is 0 Å². The normalized spacial score (nSPS) is 22.9. The van der Waals surface area contributed by atoms with Crippen LogP contribution in [0, 0.1) is 0 Å². The van der Waals surface area contributed by atoms with Gasteiger partial charge >= 0.3 is 0 Å². The molecule has 0 aliphatic carbocycles. The van der Waals surface area contributed by atoms with Crippen LogP contribution in [0.15, 0.2) is 29.3 Å². The number of piperazine rings is 1. The number of benzene rings is 1. The SMILES string of the molecule is CC1CN=C(N2CCN(c3nc4ccccc4[nH]3)CC2)S1. The van der Waals surface area contributed by atoms with Crippen molar-refractivity contribution in [1.29, 1.82) is 0 Å². The standard InChI is InChI=1S/C15H19N5S/c1-11-10-16-15(21-11)20-8-6-19(7-9-20)14-17-12-4-2-3-5-13(12)18-14/h2-5,11H,6-10H2,1H3,(H,17,18). The Bertz CT molecular complexity index is 639. The molecule has 0 amide bonds. The highest BCUT2D eigenvalue weighted by molar-refractivity contribution is 8.14. The molecule has 2 aromatic rings. The van der Waals surface area contributed by atoms with Crippen LogP contribution in [-0.4, -0.2) is 58.0 Å². The minimum Gasteiger partial charge on any atom is -0.348 e. The van der Waals surface area contributed by atoms with Gasteiger partial charge in [-0.05, 0) is 12.1 Å². The van der Waals surface area contributed by atoms with E-state index < -0.39 is 0 Å². The summed E-state index contributed by atoms with van der Waals surface area (Å²) in [6, 6.07) is 8.20. The highest BCUT2D eigenvalue weighted by atomic mass is 32.2. The molecule has 0 spiro atoms. The van der Waals surface area contributed by atoms with Gasteiger partial charge in [0.25, 0.3) is 0 Å². The van der Waals surface area contributed by atoms with E-state index in [1.807, 2.05) is 23.9 Å². The molecule has 1 atom stereocenters. The summed E-state index contributed by atoms with van der Waals surface area (Å²) in [6.07, 6.45) is 0. The quantitative estimate of drug-likeness (QED) is 0.877. The van der Waals surface area contributed by atoms with Crippen molar-refractivity contribution in [3.05, 3.63) is 24.3 Å². The monoisotopic (exact) mass is 301 g/mol. The molecule has 2 aliphatic heterocycles. The molecule has 3 heterocycles. The number of fused-ring (bicyclic) bond motifs is 1. The third-order valence-corrected chi connectivity index (χ3v) is 5.17. The van der Waals surface area contributed by atoms with Crippen molar-refractivity contribution in [2.45, 2.75) is 12.2 Å². The average Bonchev–Trinajstić information content (AvgIpc) is 3.13. The molecule has 110 valence electrons. The van der Waals surface area contributed by atoms with Crippen LogP contribution in [0.2, 0.25) is 0 Å². The molecule has 1 fully saturated rings. The van der Waals surface area contributed by atoms with Crippen molar-refractivity contribution >= 4 is 33.9 Å². The predicted molar refractivity (Wildman–Crippen MR) is 89.2 cm³/mol. The van der Waals surface area contributed by atoms with Gasteiger partial charge in [-0.15, -0.1) is 0 Å². The first-order chi connectivity index (χ1) is 10.3. The largest absolute Gasteiger partial charge is 0.348 e. The van der Waals surface area contributed by atoms with Crippen LogP contribution < -0.4 is 4.90 Å². The summed E-state index contributed by atoms with van der Waals surface area (Å²) in [5.74, 6) is 0.991. The highest BCUT2D eigenvalue weighted by Crippen LogP contribution is 2.25. The fourth-order valence-corrected chi connectivity index (χ4v) is 3.82. The first-order valence-corrected chi connectivity index (χ1v) is 8.33. The molecule has 1 saturated heterocycles. The Labute approximate surface area is 128 Å². The van der Waals surface area contributed by atoms with Crippen LogP contribution in [0.5, 0.6) is 0 Å². The molecule has 4 rings (SSSR count). The van der Waals surface area contributed by atoms with Gasteiger partial charge in [0.2, 0.25) is 5.95 Å². The summed E-state index contributed by atoms with van der Waals surface area (Å²) >= 11 is 1.91. The van der Waals surface area contributed by atoms with Crippen molar-refractivity contribution in [1.82, 2.24) is 14.9 Å². The second kappa shape index (κ2) is 5.26. The lowest BCUT2D eigenvalue weighted by Crippen LogP contribution is -2.48. The predicted octanol–water partition coefficient (Wildman–Crippen LogP) is 2.18. The van der Waals surface area contributed by atoms with Crippen molar-refractivity contribution in [3.63, 3.8) is 0 Å². The van der Waals surface area contributed by atoms with Crippen molar-refractivity contribution in [3.8, 4) is 0 Å². The lowest BCUT2D eigenvalue weighted by molar-refractivity contribution is 0.390. The van der Waals surface area contributed by atoms with E-state index in [0.29, 0.717) is 5.25 Å². The lowest BCUT2D eigenvalue weighted by atomic mass is 10.3. The Morgan fingerprint density at radius 3 is 2.62 bits per heavy atom. The summed E-state index contributed by atoms with van der Waals surface area (Å²) in [6.45, 7) is 7.24. The Balaban J connectivity index is 1.45. The number of nitrogens with one attached hydrogen (secondary N) is 1. The Hall–Kier alpha value is -1.69. The number of aromatic nitrogens is 2. The first kappa shape index (κ1) is 13.0. The second-order valence-corrected chi connectivity index (χ2v) is 7.01. The van der Waals surface area contributed by atoms with Crippen molar-refractivity contribution in [2.24, 2.45) is 4.99 Å². The zero-order chi connectivity index (χ0) is 14.2. The topological polar surface area (TPSA) is 47.5 Å². The number of nitrogens with zero attached hydrogens (tertiary/aromatic N) is 4. The fraction of sp³-hybridized carbons (Fsp3) is 0.467. The molecular weight excluding hydrogens is 282 g/mol. The van der Waals surface area contributed by atoms with Crippen LogP contribution in [0.4, 0.5) is 5.95 Å². The number of para-hydroxylation sites is 2. The fourth-order valence-electron chi connectivity index (χ4n) is 2.83. The van der Waals surface area contributed by atoms with Gasteiger partial charge in [-0.2, -0.15) is 0 Å². The van der Waals surface area contributed by atoms with Crippen LogP contribution in [0.25, 0.3) is 11.0 Å². The van der Waals surface area contributed by atoms with Crippen LogP contribution in [-0.2, 0) is 0 Å². The van der Waals surface area contributed by atoms with Gasteiger partial charge in [0.15, 0.2) is 5.17 Å². The van der Waals surface area contributed by atoms with E-state index in [1.54, 1.807) is 0 Å². The lowest BCUT2D eigenvalue weighted by Gasteiger charge is -2.35.